The number of anilines is 1. The Morgan fingerprint density at radius 2 is 2.53 bits per heavy atom. The third kappa shape index (κ3) is 3.17. The lowest BCUT2D eigenvalue weighted by Crippen LogP contribution is -2.12. The topological polar surface area (TPSA) is 68.3 Å². The second-order valence-electron chi connectivity index (χ2n) is 2.53. The Morgan fingerprint density at radius 1 is 1.80 bits per heavy atom. The maximum atomic E-state index is 11.2. The molecule has 80 valence electrons. The number of carbonyl (C=O) groups excluding carboxylic acids is 1. The van der Waals surface area contributed by atoms with Gasteiger partial charge >= 0.3 is 5.97 Å². The van der Waals surface area contributed by atoms with Gasteiger partial charge in [0.2, 0.25) is 0 Å². The molecule has 0 atom stereocenters. The summed E-state index contributed by atoms with van der Waals surface area (Å²) in [5.41, 5.74) is -0.472. The highest BCUT2D eigenvalue weighted by Gasteiger charge is 2.09. The van der Waals surface area contributed by atoms with Crippen LogP contribution in [-0.4, -0.2) is 24.6 Å². The van der Waals surface area contributed by atoms with Gasteiger partial charge in [-0.05, 0) is 0 Å². The SMILES string of the molecule is C=CCNc1nc(=O)cc(C(=O)OC)s1. The summed E-state index contributed by atoms with van der Waals surface area (Å²) in [6.45, 7) is 4.00. The summed E-state index contributed by atoms with van der Waals surface area (Å²) in [5.74, 6) is -0.541. The summed E-state index contributed by atoms with van der Waals surface area (Å²) in [7, 11) is 1.26. The van der Waals surface area contributed by atoms with Crippen molar-refractivity contribution in [2.45, 2.75) is 0 Å². The lowest BCUT2D eigenvalue weighted by atomic mass is 10.5. The first-order valence-electron chi connectivity index (χ1n) is 4.12. The van der Waals surface area contributed by atoms with Gasteiger partial charge in [-0.15, -0.1) is 6.58 Å². The quantitative estimate of drug-likeness (QED) is 0.610. The number of ether oxygens (including phenoxy) is 1. The minimum Gasteiger partial charge on any atom is -0.465 e. The van der Waals surface area contributed by atoms with Crippen molar-refractivity contribution in [3.63, 3.8) is 0 Å². The molecule has 0 amide bonds. The van der Waals surface area contributed by atoms with E-state index in [-0.39, 0.29) is 4.88 Å². The van der Waals surface area contributed by atoms with Crippen LogP contribution < -0.4 is 10.9 Å². The van der Waals surface area contributed by atoms with Crippen molar-refractivity contribution in [2.24, 2.45) is 0 Å². The van der Waals surface area contributed by atoms with Crippen molar-refractivity contribution in [2.75, 3.05) is 19.0 Å². The fourth-order valence-corrected chi connectivity index (χ4v) is 1.66. The molecule has 5 nitrogen and oxygen atoms in total. The second-order valence-corrected chi connectivity index (χ2v) is 3.56. The third-order valence-electron chi connectivity index (χ3n) is 1.46. The molecule has 0 saturated heterocycles. The molecule has 6 heteroatoms. The van der Waals surface area contributed by atoms with Gasteiger partial charge in [0.15, 0.2) is 5.13 Å². The first-order chi connectivity index (χ1) is 7.17. The van der Waals surface area contributed by atoms with E-state index in [4.69, 9.17) is 0 Å². The number of hydrogen-bond acceptors (Lipinski definition) is 6. The summed E-state index contributed by atoms with van der Waals surface area (Å²) in [6.07, 6.45) is 1.63. The molecule has 0 saturated carbocycles. The van der Waals surface area contributed by atoms with E-state index in [1.165, 1.54) is 7.11 Å². The van der Waals surface area contributed by atoms with Crippen molar-refractivity contribution in [3.05, 3.63) is 34.0 Å². The Kier molecular flexibility index (Phi) is 3.99. The molecule has 1 aromatic rings. The van der Waals surface area contributed by atoms with Crippen LogP contribution in [0.3, 0.4) is 0 Å². The van der Waals surface area contributed by atoms with E-state index in [9.17, 15) is 9.59 Å². The molecule has 1 rings (SSSR count). The summed E-state index contributed by atoms with van der Waals surface area (Å²) in [6, 6.07) is 1.15. The smallest absolute Gasteiger partial charge is 0.348 e. The van der Waals surface area contributed by atoms with Crippen molar-refractivity contribution >= 4 is 22.4 Å². The van der Waals surface area contributed by atoms with Crippen LogP contribution in [-0.2, 0) is 4.74 Å². The van der Waals surface area contributed by atoms with Crippen LogP contribution in [0.5, 0.6) is 0 Å². The molecule has 1 heterocycles. The molecule has 1 aromatic heterocycles. The van der Waals surface area contributed by atoms with Crippen LogP contribution >= 0.6 is 11.3 Å². The predicted octanol–water partition coefficient (Wildman–Crippen LogP) is 0.888. The number of aromatic nitrogens is 1. The zero-order chi connectivity index (χ0) is 11.3. The zero-order valence-electron chi connectivity index (χ0n) is 8.15. The number of hydrogen-bond donors (Lipinski definition) is 1. The standard InChI is InChI=1S/C9H10N2O3S/c1-3-4-10-9-11-7(12)5-6(15-9)8(13)14-2/h3,5H,1,4H2,2H3,(H,10,11,12). The Bertz CT molecular complexity index is 428. The Balaban J connectivity index is 2.99. The van der Waals surface area contributed by atoms with E-state index in [2.05, 4.69) is 21.6 Å². The van der Waals surface area contributed by atoms with Gasteiger partial charge in [0.05, 0.1) is 7.11 Å². The maximum absolute atomic E-state index is 11.2. The largest absolute Gasteiger partial charge is 0.465 e. The minimum absolute atomic E-state index is 0.226. The van der Waals surface area contributed by atoms with Crippen LogP contribution in [0.2, 0.25) is 0 Å². The van der Waals surface area contributed by atoms with Crippen LogP contribution in [0.15, 0.2) is 23.5 Å². The highest BCUT2D eigenvalue weighted by atomic mass is 32.1. The first kappa shape index (κ1) is 11.4. The van der Waals surface area contributed by atoms with Gasteiger partial charge in [-0.2, -0.15) is 4.98 Å². The normalized spacial score (nSPS) is 9.40. The molecule has 0 spiro atoms. The monoisotopic (exact) mass is 226 g/mol. The number of nitrogens with zero attached hydrogens (tertiary/aromatic N) is 1. The number of carbonyl (C=O) groups is 1. The molecule has 0 fully saturated rings. The van der Waals surface area contributed by atoms with Crippen LogP contribution in [0, 0.1) is 0 Å². The van der Waals surface area contributed by atoms with Crippen molar-refractivity contribution in [3.8, 4) is 0 Å². The molecule has 0 radical (unpaired) electrons. The molecule has 0 aliphatic carbocycles. The third-order valence-corrected chi connectivity index (χ3v) is 2.39. The van der Waals surface area contributed by atoms with E-state index < -0.39 is 11.5 Å². The average molecular weight is 226 g/mol. The Labute approximate surface area is 90.4 Å². The van der Waals surface area contributed by atoms with Gasteiger partial charge in [0, 0.05) is 12.6 Å². The van der Waals surface area contributed by atoms with E-state index >= 15 is 0 Å². The fraction of sp³-hybridized carbons (Fsp3) is 0.222. The van der Waals surface area contributed by atoms with Crippen molar-refractivity contribution in [1.29, 1.82) is 0 Å². The van der Waals surface area contributed by atoms with Gasteiger partial charge in [0.25, 0.3) is 5.56 Å². The second kappa shape index (κ2) is 5.26. The summed E-state index contributed by atoms with van der Waals surface area (Å²) < 4.78 is 4.51. The number of methoxy groups -OCH3 is 1. The maximum Gasteiger partial charge on any atom is 0.348 e. The molecule has 0 aliphatic heterocycles. The van der Waals surface area contributed by atoms with Crippen LogP contribution in [0.25, 0.3) is 0 Å². The molecular weight excluding hydrogens is 216 g/mol. The van der Waals surface area contributed by atoms with Crippen LogP contribution in [0.1, 0.15) is 9.67 Å². The summed E-state index contributed by atoms with van der Waals surface area (Å²) in [5, 5.41) is 3.21. The van der Waals surface area contributed by atoms with E-state index in [1.54, 1.807) is 6.08 Å². The fourth-order valence-electron chi connectivity index (χ4n) is 0.837. The van der Waals surface area contributed by atoms with Gasteiger partial charge in [-0.3, -0.25) is 4.79 Å². The molecule has 1 N–H and O–H groups in total. The number of nitrogens with one attached hydrogen (secondary N) is 1. The molecule has 0 bridgehead atoms. The Morgan fingerprint density at radius 3 is 3.13 bits per heavy atom. The molecule has 0 aliphatic rings. The summed E-state index contributed by atoms with van der Waals surface area (Å²) >= 11 is 1.06. The molecule has 0 aromatic carbocycles. The highest BCUT2D eigenvalue weighted by Crippen LogP contribution is 2.14. The van der Waals surface area contributed by atoms with Gasteiger partial charge in [0.1, 0.15) is 4.88 Å². The number of rotatable bonds is 4. The highest BCUT2D eigenvalue weighted by molar-refractivity contribution is 7.17. The van der Waals surface area contributed by atoms with Crippen LogP contribution in [0.4, 0.5) is 5.13 Å². The molecular formula is C9H10N2O3S. The lowest BCUT2D eigenvalue weighted by Gasteiger charge is -2.02. The first-order valence-corrected chi connectivity index (χ1v) is 4.94. The van der Waals surface area contributed by atoms with Gasteiger partial charge in [-0.1, -0.05) is 17.4 Å². The minimum atomic E-state index is -0.541. The van der Waals surface area contributed by atoms with E-state index in [0.717, 1.165) is 17.4 Å². The number of esters is 1. The van der Waals surface area contributed by atoms with Crippen molar-refractivity contribution in [1.82, 2.24) is 4.98 Å². The summed E-state index contributed by atoms with van der Waals surface area (Å²) in [4.78, 5) is 26.2. The molecule has 0 unspecified atom stereocenters. The van der Waals surface area contributed by atoms with Gasteiger partial charge in [-0.25, -0.2) is 4.79 Å². The van der Waals surface area contributed by atoms with E-state index in [1.807, 2.05) is 0 Å². The zero-order valence-corrected chi connectivity index (χ0v) is 8.97. The van der Waals surface area contributed by atoms with Gasteiger partial charge < -0.3 is 10.1 Å². The van der Waals surface area contributed by atoms with E-state index in [0.29, 0.717) is 11.7 Å². The van der Waals surface area contributed by atoms with Crippen molar-refractivity contribution < 1.29 is 9.53 Å². The Hall–Kier alpha value is -1.69. The molecule has 15 heavy (non-hydrogen) atoms. The predicted molar refractivity (Wildman–Crippen MR) is 58.4 cm³/mol. The average Bonchev–Trinajstić information content (AvgIpc) is 2.24. The lowest BCUT2D eigenvalue weighted by molar-refractivity contribution is 0.0606.